The minimum atomic E-state index is -0.0499. The van der Waals surface area contributed by atoms with Crippen molar-refractivity contribution in [1.82, 2.24) is 4.90 Å². The first-order valence-electron chi connectivity index (χ1n) is 9.95. The minimum Gasteiger partial charge on any atom is -0.379 e. The van der Waals surface area contributed by atoms with E-state index in [9.17, 15) is 4.79 Å². The van der Waals surface area contributed by atoms with E-state index in [1.165, 1.54) is 5.56 Å². The lowest BCUT2D eigenvalue weighted by molar-refractivity contribution is -0.149. The summed E-state index contributed by atoms with van der Waals surface area (Å²) in [5.74, 6) is 0.359. The quantitative estimate of drug-likeness (QED) is 0.624. The number of ether oxygens (including phenoxy) is 1. The maximum absolute atomic E-state index is 13.3. The van der Waals surface area contributed by atoms with E-state index >= 15 is 0 Å². The highest BCUT2D eigenvalue weighted by atomic mass is 35.5. The van der Waals surface area contributed by atoms with Gasteiger partial charge >= 0.3 is 0 Å². The van der Waals surface area contributed by atoms with Crippen LogP contribution in [0.1, 0.15) is 49.3 Å². The molecule has 3 nitrogen and oxygen atoms in total. The van der Waals surface area contributed by atoms with Crippen LogP contribution in [0.15, 0.2) is 48.5 Å². The lowest BCUT2D eigenvalue weighted by Crippen LogP contribution is -2.53. The highest BCUT2D eigenvalue weighted by molar-refractivity contribution is 6.30. The number of halogens is 2. The van der Waals surface area contributed by atoms with Crippen LogP contribution < -0.4 is 0 Å². The van der Waals surface area contributed by atoms with Crippen molar-refractivity contribution in [3.63, 3.8) is 0 Å². The van der Waals surface area contributed by atoms with E-state index in [2.05, 4.69) is 11.0 Å². The third kappa shape index (κ3) is 3.94. The molecule has 0 spiro atoms. The molecule has 4 rings (SSSR count). The topological polar surface area (TPSA) is 29.5 Å². The molecule has 2 fully saturated rings. The van der Waals surface area contributed by atoms with Crippen LogP contribution in [0.4, 0.5) is 0 Å². The second kappa shape index (κ2) is 8.44. The van der Waals surface area contributed by atoms with Crippen LogP contribution in [0.3, 0.4) is 0 Å². The van der Waals surface area contributed by atoms with Crippen molar-refractivity contribution >= 4 is 29.1 Å². The third-order valence-electron chi connectivity index (χ3n) is 5.98. The summed E-state index contributed by atoms with van der Waals surface area (Å²) in [6.45, 7) is 3.41. The third-order valence-corrected chi connectivity index (χ3v) is 6.47. The molecule has 4 unspecified atom stereocenters. The van der Waals surface area contributed by atoms with E-state index in [0.29, 0.717) is 11.6 Å². The van der Waals surface area contributed by atoms with Crippen molar-refractivity contribution in [2.24, 2.45) is 5.92 Å². The number of likely N-dealkylation sites (tertiary alicyclic amines) is 1. The SMILES string of the molecule is CC1CC(c2cccc(Cl)c2)C(c2ccc(Cl)cc2)N(C2CCCOC2)C1=O. The molecule has 0 bridgehead atoms. The van der Waals surface area contributed by atoms with E-state index in [4.69, 9.17) is 27.9 Å². The van der Waals surface area contributed by atoms with Crippen LogP contribution in [0.25, 0.3) is 0 Å². The van der Waals surface area contributed by atoms with Crippen molar-refractivity contribution in [3.8, 4) is 0 Å². The molecule has 2 aliphatic rings. The number of nitrogens with zero attached hydrogens (tertiary/aromatic N) is 1. The van der Waals surface area contributed by atoms with E-state index in [0.717, 1.165) is 36.5 Å². The molecule has 148 valence electrons. The van der Waals surface area contributed by atoms with E-state index in [-0.39, 0.29) is 29.8 Å². The fourth-order valence-electron chi connectivity index (χ4n) is 4.65. The highest BCUT2D eigenvalue weighted by Gasteiger charge is 2.44. The Bertz CT molecular complexity index is 833. The van der Waals surface area contributed by atoms with E-state index in [1.807, 2.05) is 49.4 Å². The molecule has 5 heteroatoms. The van der Waals surface area contributed by atoms with Gasteiger partial charge in [-0.3, -0.25) is 4.79 Å². The second-order valence-electron chi connectivity index (χ2n) is 7.91. The number of amides is 1. The molecular weight excluding hydrogens is 393 g/mol. The molecule has 4 atom stereocenters. The molecule has 1 amide bonds. The van der Waals surface area contributed by atoms with Gasteiger partial charge in [-0.15, -0.1) is 0 Å². The molecule has 2 aromatic rings. The molecule has 2 saturated heterocycles. The number of carbonyl (C=O) groups excluding carboxylic acids is 1. The van der Waals surface area contributed by atoms with Crippen molar-refractivity contribution < 1.29 is 9.53 Å². The summed E-state index contributed by atoms with van der Waals surface area (Å²) in [5.41, 5.74) is 2.29. The average molecular weight is 418 g/mol. The van der Waals surface area contributed by atoms with Crippen molar-refractivity contribution in [1.29, 1.82) is 0 Å². The fourth-order valence-corrected chi connectivity index (χ4v) is 4.98. The van der Waals surface area contributed by atoms with Gasteiger partial charge in [0.2, 0.25) is 5.91 Å². The van der Waals surface area contributed by atoms with Crippen LogP contribution in [0.5, 0.6) is 0 Å². The zero-order chi connectivity index (χ0) is 19.7. The largest absolute Gasteiger partial charge is 0.379 e. The molecule has 28 heavy (non-hydrogen) atoms. The molecule has 2 aliphatic heterocycles. The summed E-state index contributed by atoms with van der Waals surface area (Å²) in [6.07, 6.45) is 2.76. The number of hydrogen-bond acceptors (Lipinski definition) is 2. The maximum atomic E-state index is 13.3. The molecule has 2 heterocycles. The Kier molecular flexibility index (Phi) is 5.96. The summed E-state index contributed by atoms with van der Waals surface area (Å²) < 4.78 is 5.75. The van der Waals surface area contributed by atoms with Crippen LogP contribution in [-0.2, 0) is 9.53 Å². The Morgan fingerprint density at radius 2 is 1.82 bits per heavy atom. The minimum absolute atomic E-state index is 0.0329. The van der Waals surface area contributed by atoms with Gasteiger partial charge < -0.3 is 9.64 Å². The molecule has 0 aliphatic carbocycles. The number of benzene rings is 2. The van der Waals surface area contributed by atoms with E-state index < -0.39 is 0 Å². The van der Waals surface area contributed by atoms with Crippen LogP contribution in [-0.4, -0.2) is 30.1 Å². The molecule has 0 saturated carbocycles. The predicted octanol–water partition coefficient (Wildman–Crippen LogP) is 5.87. The number of rotatable bonds is 3. The molecule has 0 aromatic heterocycles. The van der Waals surface area contributed by atoms with Gasteiger partial charge in [-0.2, -0.15) is 0 Å². The lowest BCUT2D eigenvalue weighted by Gasteiger charge is -2.48. The monoisotopic (exact) mass is 417 g/mol. The summed E-state index contributed by atoms with van der Waals surface area (Å²) in [4.78, 5) is 15.4. The Balaban J connectivity index is 1.80. The predicted molar refractivity (Wildman–Crippen MR) is 113 cm³/mol. The van der Waals surface area contributed by atoms with Gasteiger partial charge in [0.25, 0.3) is 0 Å². The zero-order valence-corrected chi connectivity index (χ0v) is 17.5. The molecule has 0 N–H and O–H groups in total. The molecule has 0 radical (unpaired) electrons. The first-order chi connectivity index (χ1) is 13.5. The van der Waals surface area contributed by atoms with Crippen molar-refractivity contribution in [3.05, 3.63) is 69.7 Å². The summed E-state index contributed by atoms with van der Waals surface area (Å²) >= 11 is 12.5. The lowest BCUT2D eigenvalue weighted by atomic mass is 9.75. The van der Waals surface area contributed by atoms with Crippen LogP contribution >= 0.6 is 23.2 Å². The first kappa shape index (κ1) is 19.8. The smallest absolute Gasteiger partial charge is 0.226 e. The standard InChI is InChI=1S/C23H25Cl2NO2/c1-15-12-21(17-4-2-5-19(25)13-17)22(16-7-9-18(24)10-8-16)26(23(15)27)20-6-3-11-28-14-20/h2,4-5,7-10,13,15,20-22H,3,6,11-12,14H2,1H3. The Hall–Kier alpha value is -1.55. The summed E-state index contributed by atoms with van der Waals surface area (Å²) in [5, 5.41) is 1.43. The average Bonchev–Trinajstić information content (AvgIpc) is 2.71. The fraction of sp³-hybridized carbons (Fsp3) is 0.435. The zero-order valence-electron chi connectivity index (χ0n) is 16.0. The Morgan fingerprint density at radius 3 is 2.50 bits per heavy atom. The Morgan fingerprint density at radius 1 is 1.04 bits per heavy atom. The van der Waals surface area contributed by atoms with E-state index in [1.54, 1.807) is 0 Å². The first-order valence-corrected chi connectivity index (χ1v) is 10.7. The van der Waals surface area contributed by atoms with Crippen molar-refractivity contribution in [2.75, 3.05) is 13.2 Å². The van der Waals surface area contributed by atoms with Gasteiger partial charge in [-0.05, 0) is 54.7 Å². The van der Waals surface area contributed by atoms with Crippen LogP contribution in [0.2, 0.25) is 10.0 Å². The number of piperidine rings is 1. The van der Waals surface area contributed by atoms with Gasteiger partial charge in [0.1, 0.15) is 0 Å². The van der Waals surface area contributed by atoms with Gasteiger partial charge in [0, 0.05) is 28.5 Å². The van der Waals surface area contributed by atoms with Gasteiger partial charge in [-0.1, -0.05) is 54.4 Å². The molecular formula is C23H25Cl2NO2. The summed E-state index contributed by atoms with van der Waals surface area (Å²) in [6, 6.07) is 16.0. The number of hydrogen-bond donors (Lipinski definition) is 0. The number of carbonyl (C=O) groups is 1. The highest BCUT2D eigenvalue weighted by Crippen LogP contribution is 2.47. The van der Waals surface area contributed by atoms with Crippen molar-refractivity contribution in [2.45, 2.75) is 44.2 Å². The van der Waals surface area contributed by atoms with Gasteiger partial charge in [0.15, 0.2) is 0 Å². The van der Waals surface area contributed by atoms with Gasteiger partial charge in [-0.25, -0.2) is 0 Å². The van der Waals surface area contributed by atoms with Gasteiger partial charge in [0.05, 0.1) is 18.7 Å². The normalized spacial score (nSPS) is 28.4. The van der Waals surface area contributed by atoms with Crippen LogP contribution in [0, 0.1) is 5.92 Å². The maximum Gasteiger partial charge on any atom is 0.226 e. The second-order valence-corrected chi connectivity index (χ2v) is 8.78. The summed E-state index contributed by atoms with van der Waals surface area (Å²) in [7, 11) is 0. The Labute approximate surface area is 176 Å². The molecule has 2 aromatic carbocycles.